The van der Waals surface area contributed by atoms with Crippen LogP contribution in [0.5, 0.6) is 0 Å². The third kappa shape index (κ3) is 2.98. The van der Waals surface area contributed by atoms with E-state index >= 15 is 0 Å². The van der Waals surface area contributed by atoms with Gasteiger partial charge in [0, 0.05) is 24.5 Å². The Morgan fingerprint density at radius 2 is 2.04 bits per heavy atom. The fourth-order valence-corrected chi connectivity index (χ4v) is 2.78. The molecule has 8 heteroatoms. The number of fused-ring (bicyclic) bond motifs is 1. The van der Waals surface area contributed by atoms with Crippen LogP contribution >= 0.6 is 0 Å². The molecule has 1 N–H and O–H groups in total. The molecule has 1 amide bonds. The molecule has 3 heterocycles. The molecule has 0 aliphatic rings. The molecule has 0 saturated heterocycles. The fraction of sp³-hybridized carbons (Fsp3) is 0.294. The van der Waals surface area contributed by atoms with Gasteiger partial charge in [-0.25, -0.2) is 9.78 Å². The van der Waals surface area contributed by atoms with Gasteiger partial charge in [0.25, 0.3) is 0 Å². The van der Waals surface area contributed by atoms with Crippen molar-refractivity contribution >= 4 is 23.3 Å². The summed E-state index contributed by atoms with van der Waals surface area (Å²) in [5.41, 5.74) is 3.37. The zero-order chi connectivity index (χ0) is 18.1. The molecular formula is C17H19N5O3. The van der Waals surface area contributed by atoms with Crippen LogP contribution in [-0.2, 0) is 23.0 Å². The summed E-state index contributed by atoms with van der Waals surface area (Å²) in [4.78, 5) is 28.6. The molecule has 3 aromatic heterocycles. The lowest BCUT2D eigenvalue weighted by atomic mass is 10.1. The van der Waals surface area contributed by atoms with Crippen LogP contribution in [0.1, 0.15) is 27.4 Å². The number of aryl methyl sites for hydroxylation is 2. The first-order valence-corrected chi connectivity index (χ1v) is 7.76. The molecule has 3 aromatic rings. The van der Waals surface area contributed by atoms with Crippen molar-refractivity contribution in [2.45, 2.75) is 20.3 Å². The van der Waals surface area contributed by atoms with Crippen molar-refractivity contribution in [1.29, 1.82) is 0 Å². The van der Waals surface area contributed by atoms with Gasteiger partial charge in [-0.05, 0) is 26.0 Å². The highest BCUT2D eigenvalue weighted by Crippen LogP contribution is 2.19. The standard InChI is InChI=1S/C17H19N5O3/c1-10-12(11(2)21(3)20-10)9-14(23)18-17-19-15(16(24)25-4)13-7-5-6-8-22(13)17/h5-8H,9H2,1-4H3,(H,18,19,23). The summed E-state index contributed by atoms with van der Waals surface area (Å²) in [5, 5.41) is 7.08. The summed E-state index contributed by atoms with van der Waals surface area (Å²) in [6, 6.07) is 5.32. The molecule has 130 valence electrons. The summed E-state index contributed by atoms with van der Waals surface area (Å²) in [6.07, 6.45) is 1.91. The summed E-state index contributed by atoms with van der Waals surface area (Å²) >= 11 is 0. The minimum atomic E-state index is -0.553. The smallest absolute Gasteiger partial charge is 0.359 e. The molecule has 0 aliphatic heterocycles. The van der Waals surface area contributed by atoms with Crippen LogP contribution in [0.15, 0.2) is 24.4 Å². The Labute approximate surface area is 144 Å². The summed E-state index contributed by atoms with van der Waals surface area (Å²) in [5.74, 6) is -0.505. The van der Waals surface area contributed by atoms with Gasteiger partial charge in [0.2, 0.25) is 11.9 Å². The second-order valence-corrected chi connectivity index (χ2v) is 5.73. The lowest BCUT2D eigenvalue weighted by Crippen LogP contribution is -2.17. The Balaban J connectivity index is 1.90. The van der Waals surface area contributed by atoms with Crippen molar-refractivity contribution in [2.24, 2.45) is 7.05 Å². The van der Waals surface area contributed by atoms with E-state index in [2.05, 4.69) is 15.4 Å². The molecule has 0 atom stereocenters. The number of anilines is 1. The van der Waals surface area contributed by atoms with Gasteiger partial charge in [0.1, 0.15) is 0 Å². The molecular weight excluding hydrogens is 322 g/mol. The number of ether oxygens (including phenoxy) is 1. The van der Waals surface area contributed by atoms with Crippen molar-refractivity contribution < 1.29 is 14.3 Å². The van der Waals surface area contributed by atoms with Crippen molar-refractivity contribution in [1.82, 2.24) is 19.2 Å². The molecule has 0 fully saturated rings. The Hall–Kier alpha value is -3.16. The predicted octanol–water partition coefficient (Wildman–Crippen LogP) is 1.65. The number of carbonyl (C=O) groups is 2. The van der Waals surface area contributed by atoms with Crippen LogP contribution in [0, 0.1) is 13.8 Å². The molecule has 0 radical (unpaired) electrons. The maximum atomic E-state index is 12.5. The number of amides is 1. The number of hydrogen-bond donors (Lipinski definition) is 1. The third-order valence-electron chi connectivity index (χ3n) is 4.17. The number of pyridine rings is 1. The molecule has 0 bridgehead atoms. The van der Waals surface area contributed by atoms with Crippen molar-refractivity contribution in [2.75, 3.05) is 12.4 Å². The van der Waals surface area contributed by atoms with E-state index in [1.165, 1.54) is 7.11 Å². The maximum absolute atomic E-state index is 12.5. The van der Waals surface area contributed by atoms with Gasteiger partial charge >= 0.3 is 5.97 Å². The Kier molecular flexibility index (Phi) is 4.26. The van der Waals surface area contributed by atoms with Crippen molar-refractivity contribution in [3.8, 4) is 0 Å². The summed E-state index contributed by atoms with van der Waals surface area (Å²) < 4.78 is 8.15. The van der Waals surface area contributed by atoms with Gasteiger partial charge < -0.3 is 4.74 Å². The first kappa shape index (κ1) is 16.7. The summed E-state index contributed by atoms with van der Waals surface area (Å²) in [6.45, 7) is 3.79. The second-order valence-electron chi connectivity index (χ2n) is 5.73. The molecule has 0 aromatic carbocycles. The van der Waals surface area contributed by atoms with E-state index in [0.29, 0.717) is 5.52 Å². The zero-order valence-electron chi connectivity index (χ0n) is 14.5. The number of esters is 1. The Morgan fingerprint density at radius 1 is 1.28 bits per heavy atom. The quantitative estimate of drug-likeness (QED) is 0.729. The number of nitrogens with one attached hydrogen (secondary N) is 1. The number of aromatic nitrogens is 4. The van der Waals surface area contributed by atoms with Gasteiger partial charge in [-0.1, -0.05) is 6.07 Å². The van der Waals surface area contributed by atoms with Crippen LogP contribution in [0.4, 0.5) is 5.95 Å². The van der Waals surface area contributed by atoms with Crippen LogP contribution in [0.2, 0.25) is 0 Å². The lowest BCUT2D eigenvalue weighted by Gasteiger charge is -2.05. The Morgan fingerprint density at radius 3 is 2.68 bits per heavy atom. The topological polar surface area (TPSA) is 90.5 Å². The molecule has 0 saturated carbocycles. The minimum absolute atomic E-state index is 0.159. The van der Waals surface area contributed by atoms with Crippen LogP contribution < -0.4 is 5.32 Å². The zero-order valence-corrected chi connectivity index (χ0v) is 14.5. The highest BCUT2D eigenvalue weighted by Gasteiger charge is 2.20. The highest BCUT2D eigenvalue weighted by atomic mass is 16.5. The van der Waals surface area contributed by atoms with Gasteiger partial charge in [-0.3, -0.25) is 19.2 Å². The molecule has 3 rings (SSSR count). The molecule has 0 unspecified atom stereocenters. The predicted molar refractivity (Wildman–Crippen MR) is 91.5 cm³/mol. The van der Waals surface area contributed by atoms with Crippen LogP contribution in [-0.4, -0.2) is 38.2 Å². The Bertz CT molecular complexity index is 970. The number of methoxy groups -OCH3 is 1. The van der Waals surface area contributed by atoms with Crippen LogP contribution in [0.3, 0.4) is 0 Å². The van der Waals surface area contributed by atoms with Gasteiger partial charge in [0.15, 0.2) is 5.69 Å². The van der Waals surface area contributed by atoms with Gasteiger partial charge in [-0.15, -0.1) is 0 Å². The normalized spacial score (nSPS) is 10.9. The van der Waals surface area contributed by atoms with Gasteiger partial charge in [-0.2, -0.15) is 5.10 Å². The van der Waals surface area contributed by atoms with E-state index < -0.39 is 5.97 Å². The average molecular weight is 341 g/mol. The number of rotatable bonds is 4. The van der Waals surface area contributed by atoms with E-state index in [0.717, 1.165) is 17.0 Å². The van der Waals surface area contributed by atoms with Crippen LogP contribution in [0.25, 0.3) is 5.52 Å². The number of imidazole rings is 1. The molecule has 0 spiro atoms. The lowest BCUT2D eigenvalue weighted by molar-refractivity contribution is -0.115. The number of hydrogen-bond acceptors (Lipinski definition) is 5. The monoisotopic (exact) mass is 341 g/mol. The van der Waals surface area contributed by atoms with E-state index in [4.69, 9.17) is 4.74 Å². The van der Waals surface area contributed by atoms with E-state index in [9.17, 15) is 9.59 Å². The third-order valence-corrected chi connectivity index (χ3v) is 4.17. The van der Waals surface area contributed by atoms with E-state index in [-0.39, 0.29) is 24.0 Å². The molecule has 8 nitrogen and oxygen atoms in total. The van der Waals surface area contributed by atoms with Crippen molar-refractivity contribution in [3.63, 3.8) is 0 Å². The number of carbonyl (C=O) groups excluding carboxylic acids is 2. The molecule has 25 heavy (non-hydrogen) atoms. The van der Waals surface area contributed by atoms with Crippen molar-refractivity contribution in [3.05, 3.63) is 47.0 Å². The first-order chi connectivity index (χ1) is 11.9. The SMILES string of the molecule is COC(=O)c1nc(NC(=O)Cc2c(C)nn(C)c2C)n2ccccc12. The van der Waals surface area contributed by atoms with Gasteiger partial charge in [0.05, 0.1) is 24.7 Å². The fourth-order valence-electron chi connectivity index (χ4n) is 2.78. The van der Waals surface area contributed by atoms with E-state index in [1.807, 2.05) is 20.9 Å². The van der Waals surface area contributed by atoms with E-state index in [1.54, 1.807) is 33.5 Å². The average Bonchev–Trinajstić information content (AvgIpc) is 3.07. The highest BCUT2D eigenvalue weighted by molar-refractivity contribution is 5.98. The largest absolute Gasteiger partial charge is 0.464 e. The number of nitrogens with zero attached hydrogens (tertiary/aromatic N) is 4. The summed E-state index contributed by atoms with van der Waals surface area (Å²) in [7, 11) is 3.14. The second kappa shape index (κ2) is 6.39. The minimum Gasteiger partial charge on any atom is -0.464 e. The molecule has 0 aliphatic carbocycles. The first-order valence-electron chi connectivity index (χ1n) is 7.76. The maximum Gasteiger partial charge on any atom is 0.359 e.